The van der Waals surface area contributed by atoms with Crippen LogP contribution >= 0.6 is 0 Å². The molecule has 0 aliphatic carbocycles. The molecule has 0 aliphatic rings. The van der Waals surface area contributed by atoms with Gasteiger partial charge in [-0.25, -0.2) is 0 Å². The van der Waals surface area contributed by atoms with Crippen molar-refractivity contribution in [2.75, 3.05) is 6.61 Å². The highest BCUT2D eigenvalue weighted by Crippen LogP contribution is 2.21. The summed E-state index contributed by atoms with van der Waals surface area (Å²) in [6, 6.07) is 8.57. The Morgan fingerprint density at radius 3 is 2.87 bits per heavy atom. The molecule has 1 aromatic heterocycles. The van der Waals surface area contributed by atoms with Gasteiger partial charge in [-0.1, -0.05) is 25.1 Å². The maximum absolute atomic E-state index is 8.85. The SMILES string of the molecule is CCc1cccc2ccn(CCCO)c12. The van der Waals surface area contributed by atoms with E-state index in [4.69, 9.17) is 5.11 Å². The molecule has 0 aliphatic heterocycles. The summed E-state index contributed by atoms with van der Waals surface area (Å²) in [5.74, 6) is 0. The second-order valence-corrected chi connectivity index (χ2v) is 3.79. The Kier molecular flexibility index (Phi) is 3.07. The van der Waals surface area contributed by atoms with E-state index in [2.05, 4.69) is 42.0 Å². The number of aryl methyl sites for hydroxylation is 2. The molecule has 2 heteroatoms. The van der Waals surface area contributed by atoms with Gasteiger partial charge >= 0.3 is 0 Å². The number of nitrogens with zero attached hydrogens (tertiary/aromatic N) is 1. The normalized spacial score (nSPS) is 11.1. The van der Waals surface area contributed by atoms with E-state index in [1.165, 1.54) is 16.5 Å². The van der Waals surface area contributed by atoms with E-state index in [0.717, 1.165) is 19.4 Å². The molecule has 0 saturated carbocycles. The number of fused-ring (bicyclic) bond motifs is 1. The second-order valence-electron chi connectivity index (χ2n) is 3.79. The van der Waals surface area contributed by atoms with Crippen molar-refractivity contribution in [3.05, 3.63) is 36.0 Å². The molecule has 0 radical (unpaired) electrons. The first-order valence-electron chi connectivity index (χ1n) is 5.54. The van der Waals surface area contributed by atoms with E-state index in [1.54, 1.807) is 0 Å². The standard InChI is InChI=1S/C13H17NO/c1-2-11-5-3-6-12-7-9-14(13(11)12)8-4-10-15/h3,5-7,9,15H,2,4,8,10H2,1H3. The van der Waals surface area contributed by atoms with Crippen LogP contribution in [0.2, 0.25) is 0 Å². The molecule has 2 aromatic rings. The molecule has 15 heavy (non-hydrogen) atoms. The van der Waals surface area contributed by atoms with Gasteiger partial charge in [0.25, 0.3) is 0 Å². The lowest BCUT2D eigenvalue weighted by Crippen LogP contribution is -2.00. The lowest BCUT2D eigenvalue weighted by atomic mass is 10.1. The third-order valence-corrected chi connectivity index (χ3v) is 2.81. The zero-order valence-corrected chi connectivity index (χ0v) is 9.11. The minimum absolute atomic E-state index is 0.258. The van der Waals surface area contributed by atoms with Crippen molar-refractivity contribution in [2.24, 2.45) is 0 Å². The fourth-order valence-electron chi connectivity index (χ4n) is 2.05. The third-order valence-electron chi connectivity index (χ3n) is 2.81. The number of rotatable bonds is 4. The molecule has 0 atom stereocenters. The number of para-hydroxylation sites is 1. The quantitative estimate of drug-likeness (QED) is 0.811. The summed E-state index contributed by atoms with van der Waals surface area (Å²) < 4.78 is 2.24. The Morgan fingerprint density at radius 1 is 1.27 bits per heavy atom. The molecule has 0 unspecified atom stereocenters. The first-order chi connectivity index (χ1) is 7.36. The molecule has 1 aromatic carbocycles. The molecule has 0 fully saturated rings. The van der Waals surface area contributed by atoms with Gasteiger partial charge in [-0.3, -0.25) is 0 Å². The maximum Gasteiger partial charge on any atom is 0.0512 e. The molecule has 80 valence electrons. The Balaban J connectivity index is 2.46. The van der Waals surface area contributed by atoms with Gasteiger partial charge in [-0.15, -0.1) is 0 Å². The molecule has 0 amide bonds. The topological polar surface area (TPSA) is 25.2 Å². The molecule has 0 bridgehead atoms. The molecule has 2 nitrogen and oxygen atoms in total. The zero-order valence-electron chi connectivity index (χ0n) is 9.11. The summed E-state index contributed by atoms with van der Waals surface area (Å²) in [5, 5.41) is 10.1. The summed E-state index contributed by atoms with van der Waals surface area (Å²) in [6.07, 6.45) is 3.99. The molecule has 1 N–H and O–H groups in total. The number of hydrogen-bond donors (Lipinski definition) is 1. The minimum atomic E-state index is 0.258. The number of aromatic nitrogens is 1. The molecular formula is C13H17NO. The van der Waals surface area contributed by atoms with Gasteiger partial charge in [0.15, 0.2) is 0 Å². The predicted molar refractivity (Wildman–Crippen MR) is 63.0 cm³/mol. The Hall–Kier alpha value is -1.28. The Morgan fingerprint density at radius 2 is 2.13 bits per heavy atom. The summed E-state index contributed by atoms with van der Waals surface area (Å²) in [7, 11) is 0. The average molecular weight is 203 g/mol. The summed E-state index contributed by atoms with van der Waals surface area (Å²) >= 11 is 0. The van der Waals surface area contributed by atoms with Crippen molar-refractivity contribution in [3.63, 3.8) is 0 Å². The molecular weight excluding hydrogens is 186 g/mol. The van der Waals surface area contributed by atoms with Gasteiger partial charge in [0.05, 0.1) is 5.52 Å². The summed E-state index contributed by atoms with van der Waals surface area (Å²) in [5.41, 5.74) is 2.71. The fourth-order valence-corrected chi connectivity index (χ4v) is 2.05. The maximum atomic E-state index is 8.85. The van der Waals surface area contributed by atoms with Gasteiger partial charge in [0, 0.05) is 19.3 Å². The monoisotopic (exact) mass is 203 g/mol. The number of aliphatic hydroxyl groups is 1. The molecule has 0 spiro atoms. The van der Waals surface area contributed by atoms with Crippen LogP contribution in [-0.4, -0.2) is 16.3 Å². The van der Waals surface area contributed by atoms with Crippen LogP contribution in [0.5, 0.6) is 0 Å². The lowest BCUT2D eigenvalue weighted by Gasteiger charge is -2.07. The van der Waals surface area contributed by atoms with Crippen molar-refractivity contribution < 1.29 is 5.11 Å². The molecule has 0 saturated heterocycles. The van der Waals surface area contributed by atoms with Gasteiger partial charge in [0.1, 0.15) is 0 Å². The van der Waals surface area contributed by atoms with E-state index < -0.39 is 0 Å². The van der Waals surface area contributed by atoms with E-state index in [1.807, 2.05) is 0 Å². The van der Waals surface area contributed by atoms with Gasteiger partial charge in [-0.05, 0) is 29.9 Å². The second kappa shape index (κ2) is 4.49. The van der Waals surface area contributed by atoms with Crippen LogP contribution in [0.3, 0.4) is 0 Å². The number of hydrogen-bond acceptors (Lipinski definition) is 1. The highest BCUT2D eigenvalue weighted by Gasteiger charge is 2.04. The highest BCUT2D eigenvalue weighted by atomic mass is 16.3. The lowest BCUT2D eigenvalue weighted by molar-refractivity contribution is 0.280. The smallest absolute Gasteiger partial charge is 0.0512 e. The van der Waals surface area contributed by atoms with E-state index in [9.17, 15) is 0 Å². The zero-order chi connectivity index (χ0) is 10.7. The summed E-state index contributed by atoms with van der Waals surface area (Å²) in [4.78, 5) is 0. The van der Waals surface area contributed by atoms with E-state index >= 15 is 0 Å². The van der Waals surface area contributed by atoms with Crippen LogP contribution in [0, 0.1) is 0 Å². The molecule has 2 rings (SSSR count). The predicted octanol–water partition coefficient (Wildman–Crippen LogP) is 2.59. The first-order valence-corrected chi connectivity index (χ1v) is 5.54. The average Bonchev–Trinajstić information content (AvgIpc) is 2.69. The van der Waals surface area contributed by atoms with Gasteiger partial charge in [-0.2, -0.15) is 0 Å². The highest BCUT2D eigenvalue weighted by molar-refractivity contribution is 5.83. The van der Waals surface area contributed by atoms with Crippen LogP contribution in [0.1, 0.15) is 18.9 Å². The largest absolute Gasteiger partial charge is 0.396 e. The van der Waals surface area contributed by atoms with Crippen LogP contribution in [0.25, 0.3) is 10.9 Å². The number of benzene rings is 1. The minimum Gasteiger partial charge on any atom is -0.396 e. The molecule has 1 heterocycles. The van der Waals surface area contributed by atoms with E-state index in [-0.39, 0.29) is 6.61 Å². The fraction of sp³-hybridized carbons (Fsp3) is 0.385. The van der Waals surface area contributed by atoms with Gasteiger partial charge in [0.2, 0.25) is 0 Å². The van der Waals surface area contributed by atoms with Crippen LogP contribution in [0.4, 0.5) is 0 Å². The van der Waals surface area contributed by atoms with Crippen molar-refractivity contribution in [2.45, 2.75) is 26.3 Å². The Labute approximate surface area is 90.2 Å². The Bertz CT molecular complexity index is 445. The third kappa shape index (κ3) is 1.90. The van der Waals surface area contributed by atoms with Crippen LogP contribution in [0.15, 0.2) is 30.5 Å². The number of aliphatic hydroxyl groups excluding tert-OH is 1. The van der Waals surface area contributed by atoms with Crippen molar-refractivity contribution in [1.82, 2.24) is 4.57 Å². The van der Waals surface area contributed by atoms with Crippen molar-refractivity contribution >= 4 is 10.9 Å². The summed E-state index contributed by atoms with van der Waals surface area (Å²) in [6.45, 7) is 3.34. The van der Waals surface area contributed by atoms with Gasteiger partial charge < -0.3 is 9.67 Å². The first kappa shape index (κ1) is 10.2. The van der Waals surface area contributed by atoms with Crippen molar-refractivity contribution in [1.29, 1.82) is 0 Å². The van der Waals surface area contributed by atoms with Crippen molar-refractivity contribution in [3.8, 4) is 0 Å². The van der Waals surface area contributed by atoms with Crippen LogP contribution < -0.4 is 0 Å². The van der Waals surface area contributed by atoms with Crippen LogP contribution in [-0.2, 0) is 13.0 Å². The van der Waals surface area contributed by atoms with E-state index in [0.29, 0.717) is 0 Å².